The van der Waals surface area contributed by atoms with Crippen molar-refractivity contribution in [3.8, 4) is 0 Å². The molecule has 1 amide bonds. The van der Waals surface area contributed by atoms with Crippen LogP contribution in [0.15, 0.2) is 6.07 Å². The van der Waals surface area contributed by atoms with Gasteiger partial charge in [-0.25, -0.2) is 4.79 Å². The van der Waals surface area contributed by atoms with E-state index in [4.69, 9.17) is 0 Å². The number of aromatic amines is 1. The van der Waals surface area contributed by atoms with Crippen LogP contribution >= 0.6 is 0 Å². The average molecular weight is 183 g/mol. The molecule has 0 spiro atoms. The van der Waals surface area contributed by atoms with Crippen LogP contribution in [0.5, 0.6) is 0 Å². The van der Waals surface area contributed by atoms with E-state index in [2.05, 4.69) is 20.3 Å². The lowest BCUT2D eigenvalue weighted by Crippen LogP contribution is -2.13. The van der Waals surface area contributed by atoms with Crippen molar-refractivity contribution < 1.29 is 9.53 Å². The number of aromatic nitrogens is 2. The zero-order chi connectivity index (χ0) is 9.68. The normalized spacial score (nSPS) is 9.69. The van der Waals surface area contributed by atoms with Crippen LogP contribution in [0.25, 0.3) is 0 Å². The molecule has 0 saturated heterocycles. The van der Waals surface area contributed by atoms with Gasteiger partial charge in [-0.15, -0.1) is 0 Å². The fourth-order valence-electron chi connectivity index (χ4n) is 0.879. The number of amides is 1. The molecule has 0 aliphatic heterocycles. The first kappa shape index (κ1) is 9.57. The molecule has 5 heteroatoms. The number of carbonyl (C=O) groups excluding carboxylic acids is 1. The van der Waals surface area contributed by atoms with Crippen LogP contribution in [-0.2, 0) is 11.2 Å². The third-order valence-electron chi connectivity index (χ3n) is 1.52. The number of ether oxygens (including phenoxy) is 1. The minimum absolute atomic E-state index is 0.358. The van der Waals surface area contributed by atoms with Gasteiger partial charge in [0, 0.05) is 11.8 Å². The Hall–Kier alpha value is -1.52. The highest BCUT2D eigenvalue weighted by atomic mass is 16.5. The number of hydrogen-bond acceptors (Lipinski definition) is 3. The fourth-order valence-corrected chi connectivity index (χ4v) is 0.879. The summed E-state index contributed by atoms with van der Waals surface area (Å²) in [5.41, 5.74) is 0.979. The lowest BCUT2D eigenvalue weighted by Gasteiger charge is -1.99. The summed E-state index contributed by atoms with van der Waals surface area (Å²) in [6.45, 7) is 4.11. The van der Waals surface area contributed by atoms with Crippen molar-refractivity contribution in [3.63, 3.8) is 0 Å². The molecule has 0 saturated carbocycles. The Balaban J connectivity index is 2.49. The molecule has 0 aliphatic carbocycles. The highest BCUT2D eigenvalue weighted by Gasteiger charge is 2.04. The smallest absolute Gasteiger partial charge is 0.412 e. The Morgan fingerprint density at radius 2 is 2.46 bits per heavy atom. The van der Waals surface area contributed by atoms with Gasteiger partial charge in [0.1, 0.15) is 0 Å². The van der Waals surface area contributed by atoms with Crippen molar-refractivity contribution in [2.24, 2.45) is 0 Å². The van der Waals surface area contributed by atoms with Crippen LogP contribution in [0.2, 0.25) is 0 Å². The van der Waals surface area contributed by atoms with E-state index >= 15 is 0 Å². The van der Waals surface area contributed by atoms with Crippen molar-refractivity contribution in [1.29, 1.82) is 0 Å². The Labute approximate surface area is 76.5 Å². The van der Waals surface area contributed by atoms with Gasteiger partial charge in [0.2, 0.25) is 0 Å². The first-order valence-corrected chi connectivity index (χ1v) is 4.24. The van der Waals surface area contributed by atoms with Crippen LogP contribution in [0.3, 0.4) is 0 Å². The second-order valence-electron chi connectivity index (χ2n) is 2.48. The number of H-pyrrole nitrogens is 1. The van der Waals surface area contributed by atoms with Gasteiger partial charge in [-0.3, -0.25) is 10.4 Å². The summed E-state index contributed by atoms with van der Waals surface area (Å²) < 4.78 is 4.68. The van der Waals surface area contributed by atoms with E-state index in [-0.39, 0.29) is 0 Å². The van der Waals surface area contributed by atoms with Gasteiger partial charge in [0.25, 0.3) is 0 Å². The number of nitrogens with one attached hydrogen (secondary N) is 2. The van der Waals surface area contributed by atoms with E-state index in [1.165, 1.54) is 0 Å². The molecule has 13 heavy (non-hydrogen) atoms. The topological polar surface area (TPSA) is 67.0 Å². The van der Waals surface area contributed by atoms with Gasteiger partial charge in [0.15, 0.2) is 5.82 Å². The molecule has 0 unspecified atom stereocenters. The molecule has 0 aliphatic rings. The van der Waals surface area contributed by atoms with Crippen LogP contribution in [0.1, 0.15) is 19.5 Å². The highest BCUT2D eigenvalue weighted by molar-refractivity contribution is 5.83. The van der Waals surface area contributed by atoms with Crippen molar-refractivity contribution in [1.82, 2.24) is 10.2 Å². The van der Waals surface area contributed by atoms with Gasteiger partial charge in [-0.1, -0.05) is 6.92 Å². The minimum Gasteiger partial charge on any atom is -0.450 e. The summed E-state index contributed by atoms with van der Waals surface area (Å²) in [5, 5.41) is 9.15. The Kier molecular flexibility index (Phi) is 3.31. The van der Waals surface area contributed by atoms with Crippen molar-refractivity contribution in [3.05, 3.63) is 11.8 Å². The van der Waals surface area contributed by atoms with Crippen LogP contribution in [0, 0.1) is 0 Å². The maximum Gasteiger partial charge on any atom is 0.412 e. The molecule has 1 aromatic rings. The van der Waals surface area contributed by atoms with E-state index in [0.29, 0.717) is 12.4 Å². The Morgan fingerprint density at radius 3 is 3.00 bits per heavy atom. The van der Waals surface area contributed by atoms with E-state index in [9.17, 15) is 4.79 Å². The first-order chi connectivity index (χ1) is 6.26. The van der Waals surface area contributed by atoms with Crippen LogP contribution in [0.4, 0.5) is 10.6 Å². The van der Waals surface area contributed by atoms with Gasteiger partial charge in [0.05, 0.1) is 6.61 Å². The molecule has 0 fully saturated rings. The van der Waals surface area contributed by atoms with Crippen LogP contribution in [-0.4, -0.2) is 22.9 Å². The van der Waals surface area contributed by atoms with E-state index < -0.39 is 6.09 Å². The van der Waals surface area contributed by atoms with Crippen molar-refractivity contribution in [2.75, 3.05) is 11.9 Å². The number of anilines is 1. The molecule has 5 nitrogen and oxygen atoms in total. The molecular formula is C8H13N3O2. The lowest BCUT2D eigenvalue weighted by molar-refractivity contribution is 0.168. The van der Waals surface area contributed by atoms with Crippen LogP contribution < -0.4 is 5.32 Å². The molecule has 72 valence electrons. The fraction of sp³-hybridized carbons (Fsp3) is 0.500. The Bertz CT molecular complexity index is 283. The van der Waals surface area contributed by atoms with Gasteiger partial charge in [-0.2, -0.15) is 5.10 Å². The third kappa shape index (κ3) is 2.77. The number of aryl methyl sites for hydroxylation is 1. The second kappa shape index (κ2) is 4.49. The SMILES string of the molecule is CCOC(=O)Nc1cc(CC)[nH]n1. The summed E-state index contributed by atoms with van der Waals surface area (Å²) >= 11 is 0. The average Bonchev–Trinajstić information content (AvgIpc) is 2.52. The minimum atomic E-state index is -0.475. The summed E-state index contributed by atoms with van der Waals surface area (Å²) in [6, 6.07) is 1.77. The molecule has 0 radical (unpaired) electrons. The molecule has 2 N–H and O–H groups in total. The molecule has 0 atom stereocenters. The maximum absolute atomic E-state index is 10.9. The van der Waals surface area contributed by atoms with E-state index in [0.717, 1.165) is 12.1 Å². The Morgan fingerprint density at radius 1 is 1.69 bits per heavy atom. The molecule has 1 aromatic heterocycles. The molecule has 0 bridgehead atoms. The highest BCUT2D eigenvalue weighted by Crippen LogP contribution is 2.05. The zero-order valence-electron chi connectivity index (χ0n) is 7.76. The van der Waals surface area contributed by atoms with Gasteiger partial charge >= 0.3 is 6.09 Å². The van der Waals surface area contributed by atoms with Gasteiger partial charge < -0.3 is 4.74 Å². The molecule has 0 aromatic carbocycles. The summed E-state index contributed by atoms with van der Waals surface area (Å²) in [4.78, 5) is 10.9. The first-order valence-electron chi connectivity index (χ1n) is 4.24. The van der Waals surface area contributed by atoms with E-state index in [1.807, 2.05) is 6.92 Å². The lowest BCUT2D eigenvalue weighted by atomic mass is 10.3. The number of nitrogens with zero attached hydrogens (tertiary/aromatic N) is 1. The second-order valence-corrected chi connectivity index (χ2v) is 2.48. The van der Waals surface area contributed by atoms with Crippen molar-refractivity contribution in [2.45, 2.75) is 20.3 Å². The summed E-state index contributed by atoms with van der Waals surface area (Å²) in [5.74, 6) is 0.496. The van der Waals surface area contributed by atoms with E-state index in [1.54, 1.807) is 13.0 Å². The summed E-state index contributed by atoms with van der Waals surface area (Å²) in [6.07, 6.45) is 0.383. The van der Waals surface area contributed by atoms with Crippen molar-refractivity contribution >= 4 is 11.9 Å². The third-order valence-corrected chi connectivity index (χ3v) is 1.52. The number of hydrogen-bond donors (Lipinski definition) is 2. The standard InChI is InChI=1S/C8H13N3O2/c1-3-6-5-7(11-10-6)9-8(12)13-4-2/h5H,3-4H2,1-2H3,(H2,9,10,11,12). The molecular weight excluding hydrogens is 170 g/mol. The number of rotatable bonds is 3. The maximum atomic E-state index is 10.9. The predicted molar refractivity (Wildman–Crippen MR) is 48.6 cm³/mol. The molecule has 1 rings (SSSR count). The molecule has 1 heterocycles. The number of carbonyl (C=O) groups is 1. The van der Waals surface area contributed by atoms with Gasteiger partial charge in [-0.05, 0) is 13.3 Å². The zero-order valence-corrected chi connectivity index (χ0v) is 7.76. The summed E-state index contributed by atoms with van der Waals surface area (Å²) in [7, 11) is 0. The quantitative estimate of drug-likeness (QED) is 0.746. The largest absolute Gasteiger partial charge is 0.450 e. The predicted octanol–water partition coefficient (Wildman–Crippen LogP) is 1.54. The monoisotopic (exact) mass is 183 g/mol.